The summed E-state index contributed by atoms with van der Waals surface area (Å²) in [5, 5.41) is 24.8. The van der Waals surface area contributed by atoms with Gasteiger partial charge in [-0.1, -0.05) is 48.5 Å². The van der Waals surface area contributed by atoms with E-state index in [1.54, 1.807) is 47.9 Å². The third-order valence-electron chi connectivity index (χ3n) is 4.61. The van der Waals surface area contributed by atoms with E-state index in [0.29, 0.717) is 10.8 Å². The van der Waals surface area contributed by atoms with Gasteiger partial charge in [-0.15, -0.1) is 0 Å². The second-order valence-electron chi connectivity index (χ2n) is 6.32. The molecule has 4 rings (SSSR count). The number of aromatic hydroxyl groups is 1. The van der Waals surface area contributed by atoms with Crippen LogP contribution < -0.4 is 10.8 Å². The van der Waals surface area contributed by atoms with E-state index in [1.165, 1.54) is 6.07 Å². The number of fused-ring (bicyclic) bond motifs is 2. The maximum Gasteiger partial charge on any atom is 0.275 e. The van der Waals surface area contributed by atoms with Gasteiger partial charge in [-0.05, 0) is 40.4 Å². The van der Waals surface area contributed by atoms with E-state index in [0.717, 1.165) is 10.8 Å². The Labute approximate surface area is 160 Å². The lowest BCUT2D eigenvalue weighted by atomic mass is 9.98. The number of amides is 2. The fourth-order valence-corrected chi connectivity index (χ4v) is 3.30. The number of phenolic OH excluding ortho intramolecular Hbond substituents is 1. The van der Waals surface area contributed by atoms with Crippen molar-refractivity contribution in [2.45, 2.75) is 0 Å². The lowest BCUT2D eigenvalue weighted by molar-refractivity contribution is 0.0708. The van der Waals surface area contributed by atoms with Gasteiger partial charge < -0.3 is 10.4 Å². The molecule has 6 nitrogen and oxygen atoms in total. The van der Waals surface area contributed by atoms with Gasteiger partial charge in [0.25, 0.3) is 11.8 Å². The molecule has 28 heavy (non-hydrogen) atoms. The molecule has 4 aromatic carbocycles. The molecule has 0 aliphatic heterocycles. The maximum absolute atomic E-state index is 13.0. The summed E-state index contributed by atoms with van der Waals surface area (Å²) in [6.45, 7) is 0. The van der Waals surface area contributed by atoms with Crippen LogP contribution in [0, 0.1) is 0 Å². The zero-order valence-electron chi connectivity index (χ0n) is 14.6. The van der Waals surface area contributed by atoms with Crippen molar-refractivity contribution in [3.8, 4) is 5.75 Å². The minimum Gasteiger partial charge on any atom is -0.506 e. The van der Waals surface area contributed by atoms with Gasteiger partial charge in [0.1, 0.15) is 5.75 Å². The molecule has 0 atom stereocenters. The topological polar surface area (TPSA) is 98.7 Å². The summed E-state index contributed by atoms with van der Waals surface area (Å²) in [7, 11) is 0. The fourth-order valence-electron chi connectivity index (χ4n) is 3.30. The molecule has 0 saturated heterocycles. The molecule has 0 unspecified atom stereocenters. The molecule has 6 heteroatoms. The smallest absolute Gasteiger partial charge is 0.275 e. The molecular weight excluding hydrogens is 356 g/mol. The van der Waals surface area contributed by atoms with E-state index in [1.807, 2.05) is 24.3 Å². The van der Waals surface area contributed by atoms with Crippen molar-refractivity contribution < 1.29 is 19.9 Å². The van der Waals surface area contributed by atoms with Crippen molar-refractivity contribution >= 4 is 39.0 Å². The van der Waals surface area contributed by atoms with Crippen molar-refractivity contribution in [1.82, 2.24) is 5.48 Å². The Morgan fingerprint density at radius 2 is 1.29 bits per heavy atom. The summed E-state index contributed by atoms with van der Waals surface area (Å²) in [5.41, 5.74) is 2.30. The molecule has 0 aliphatic rings. The van der Waals surface area contributed by atoms with E-state index in [-0.39, 0.29) is 22.6 Å². The van der Waals surface area contributed by atoms with Crippen molar-refractivity contribution in [3.05, 3.63) is 83.9 Å². The SMILES string of the molecule is O=C(NO)c1cccc2cccc(C(=O)Nc3cc4ccccc4cc3O)c12. The number of benzene rings is 4. The largest absolute Gasteiger partial charge is 0.506 e. The molecule has 0 fully saturated rings. The highest BCUT2D eigenvalue weighted by atomic mass is 16.5. The molecule has 0 aliphatic carbocycles. The second-order valence-corrected chi connectivity index (χ2v) is 6.32. The minimum absolute atomic E-state index is 0.0550. The van der Waals surface area contributed by atoms with Crippen molar-refractivity contribution in [2.24, 2.45) is 0 Å². The van der Waals surface area contributed by atoms with Gasteiger partial charge in [-0.25, -0.2) is 5.48 Å². The first-order valence-corrected chi connectivity index (χ1v) is 8.58. The Balaban J connectivity index is 1.80. The van der Waals surface area contributed by atoms with Crippen LogP contribution >= 0.6 is 0 Å². The zero-order chi connectivity index (χ0) is 19.7. The van der Waals surface area contributed by atoms with Crippen molar-refractivity contribution in [3.63, 3.8) is 0 Å². The van der Waals surface area contributed by atoms with Crippen LogP contribution in [-0.2, 0) is 0 Å². The summed E-state index contributed by atoms with van der Waals surface area (Å²) in [4.78, 5) is 25.0. The van der Waals surface area contributed by atoms with Gasteiger partial charge in [-0.3, -0.25) is 14.8 Å². The average Bonchev–Trinajstić information content (AvgIpc) is 2.72. The van der Waals surface area contributed by atoms with E-state index in [2.05, 4.69) is 5.32 Å². The van der Waals surface area contributed by atoms with E-state index >= 15 is 0 Å². The molecule has 0 aromatic heterocycles. The first kappa shape index (κ1) is 17.5. The number of anilines is 1. The summed E-state index contributed by atoms with van der Waals surface area (Å²) in [6, 6.07) is 20.8. The van der Waals surface area contributed by atoms with E-state index in [9.17, 15) is 14.7 Å². The number of carbonyl (C=O) groups excluding carboxylic acids is 2. The number of hydrogen-bond donors (Lipinski definition) is 4. The second kappa shape index (κ2) is 7.02. The maximum atomic E-state index is 13.0. The summed E-state index contributed by atoms with van der Waals surface area (Å²) >= 11 is 0. The normalized spacial score (nSPS) is 10.8. The lowest BCUT2D eigenvalue weighted by Crippen LogP contribution is -2.20. The van der Waals surface area contributed by atoms with Gasteiger partial charge in [0, 0.05) is 10.9 Å². The fraction of sp³-hybridized carbons (Fsp3) is 0. The lowest BCUT2D eigenvalue weighted by Gasteiger charge is -2.12. The quantitative estimate of drug-likeness (QED) is 0.247. The molecule has 0 bridgehead atoms. The van der Waals surface area contributed by atoms with Gasteiger partial charge in [0.2, 0.25) is 0 Å². The van der Waals surface area contributed by atoms with Crippen LogP contribution in [0.15, 0.2) is 72.8 Å². The van der Waals surface area contributed by atoms with Crippen LogP contribution in [0.25, 0.3) is 21.5 Å². The number of rotatable bonds is 3. The Morgan fingerprint density at radius 3 is 1.93 bits per heavy atom. The van der Waals surface area contributed by atoms with Crippen molar-refractivity contribution in [2.75, 3.05) is 5.32 Å². The molecular formula is C22H16N2O4. The molecule has 0 saturated carbocycles. The van der Waals surface area contributed by atoms with Crippen LogP contribution in [0.1, 0.15) is 20.7 Å². The Bertz CT molecular complexity index is 1230. The standard InChI is InChI=1S/C22H16N2O4/c25-19-12-15-6-2-1-5-14(15)11-18(19)23-21(26)16-9-3-7-13-8-4-10-17(20(13)16)22(27)24-28/h1-12,25,28H,(H,23,26)(H,24,27). The Hall–Kier alpha value is -3.90. The van der Waals surface area contributed by atoms with Crippen LogP contribution in [0.3, 0.4) is 0 Å². The monoisotopic (exact) mass is 372 g/mol. The van der Waals surface area contributed by atoms with Gasteiger partial charge >= 0.3 is 0 Å². The molecule has 0 spiro atoms. The Kier molecular flexibility index (Phi) is 4.39. The highest BCUT2D eigenvalue weighted by Gasteiger charge is 2.18. The summed E-state index contributed by atoms with van der Waals surface area (Å²) < 4.78 is 0. The number of nitrogens with one attached hydrogen (secondary N) is 2. The summed E-state index contributed by atoms with van der Waals surface area (Å²) in [6.07, 6.45) is 0. The molecule has 4 aromatic rings. The predicted molar refractivity (Wildman–Crippen MR) is 107 cm³/mol. The van der Waals surface area contributed by atoms with Crippen LogP contribution in [0.2, 0.25) is 0 Å². The predicted octanol–water partition coefficient (Wildman–Crippen LogP) is 4.07. The first-order chi connectivity index (χ1) is 13.6. The number of carbonyl (C=O) groups is 2. The van der Waals surface area contributed by atoms with Gasteiger partial charge in [0.05, 0.1) is 11.3 Å². The minimum atomic E-state index is -0.709. The number of hydrogen-bond acceptors (Lipinski definition) is 4. The first-order valence-electron chi connectivity index (χ1n) is 8.58. The van der Waals surface area contributed by atoms with E-state index < -0.39 is 11.8 Å². The highest BCUT2D eigenvalue weighted by Crippen LogP contribution is 2.31. The summed E-state index contributed by atoms with van der Waals surface area (Å²) in [5.74, 6) is -1.24. The van der Waals surface area contributed by atoms with Gasteiger partial charge in [0.15, 0.2) is 0 Å². The molecule has 138 valence electrons. The third-order valence-corrected chi connectivity index (χ3v) is 4.61. The van der Waals surface area contributed by atoms with Crippen LogP contribution in [-0.4, -0.2) is 22.1 Å². The van der Waals surface area contributed by atoms with Gasteiger partial charge in [-0.2, -0.15) is 0 Å². The molecule has 0 heterocycles. The molecule has 4 N–H and O–H groups in total. The van der Waals surface area contributed by atoms with E-state index in [4.69, 9.17) is 5.21 Å². The number of phenols is 1. The van der Waals surface area contributed by atoms with Crippen LogP contribution in [0.5, 0.6) is 5.75 Å². The zero-order valence-corrected chi connectivity index (χ0v) is 14.6. The molecule has 2 amide bonds. The Morgan fingerprint density at radius 1 is 0.714 bits per heavy atom. The highest BCUT2D eigenvalue weighted by molar-refractivity contribution is 6.19. The average molecular weight is 372 g/mol. The van der Waals surface area contributed by atoms with Crippen LogP contribution in [0.4, 0.5) is 5.69 Å². The van der Waals surface area contributed by atoms with Crippen molar-refractivity contribution in [1.29, 1.82) is 0 Å². The third kappa shape index (κ3) is 3.02. The number of hydroxylamine groups is 1. The molecule has 0 radical (unpaired) electrons.